The molecule has 0 radical (unpaired) electrons. The number of hydrogen-bond donors (Lipinski definition) is 1. The van der Waals surface area contributed by atoms with Crippen LogP contribution in [0.5, 0.6) is 0 Å². The molecular formula is C18H21N5O2S2. The van der Waals surface area contributed by atoms with Gasteiger partial charge in [-0.25, -0.2) is 23.5 Å². The molecule has 1 saturated heterocycles. The summed E-state index contributed by atoms with van der Waals surface area (Å²) in [5, 5.41) is 6.47. The summed E-state index contributed by atoms with van der Waals surface area (Å²) in [6, 6.07) is 9.08. The van der Waals surface area contributed by atoms with Crippen molar-refractivity contribution >= 4 is 43.1 Å². The lowest BCUT2D eigenvalue weighted by Gasteiger charge is -2.37. The molecule has 0 unspecified atom stereocenters. The molecule has 4 rings (SSSR count). The zero-order valence-corrected chi connectivity index (χ0v) is 16.6. The number of thiophene rings is 1. The Balaban J connectivity index is 1.58. The number of anilines is 2. The van der Waals surface area contributed by atoms with Gasteiger partial charge in [-0.05, 0) is 24.6 Å². The van der Waals surface area contributed by atoms with Gasteiger partial charge in [-0.1, -0.05) is 19.1 Å². The molecule has 142 valence electrons. The highest BCUT2D eigenvalue weighted by molar-refractivity contribution is 7.89. The van der Waals surface area contributed by atoms with Crippen molar-refractivity contribution in [1.29, 1.82) is 0 Å². The van der Waals surface area contributed by atoms with E-state index in [2.05, 4.69) is 32.8 Å². The predicted octanol–water partition coefficient (Wildman–Crippen LogP) is 2.23. The smallest absolute Gasteiger partial charge is 0.240 e. The molecule has 1 aromatic carbocycles. The largest absolute Gasteiger partial charge is 0.367 e. The van der Waals surface area contributed by atoms with Crippen LogP contribution in [0.1, 0.15) is 11.8 Å². The van der Waals surface area contributed by atoms with E-state index in [0.29, 0.717) is 18.8 Å². The number of benzene rings is 1. The number of nitrogens with zero attached hydrogens (tertiary/aromatic N) is 4. The molecule has 9 heteroatoms. The first-order valence-electron chi connectivity index (χ1n) is 8.82. The van der Waals surface area contributed by atoms with E-state index in [4.69, 9.17) is 5.14 Å². The Labute approximate surface area is 162 Å². The molecule has 1 aliphatic heterocycles. The maximum absolute atomic E-state index is 11.9. The van der Waals surface area contributed by atoms with Crippen LogP contribution in [0.2, 0.25) is 0 Å². The molecule has 2 N–H and O–H groups in total. The van der Waals surface area contributed by atoms with E-state index in [1.54, 1.807) is 29.8 Å². The minimum Gasteiger partial charge on any atom is -0.367 e. The van der Waals surface area contributed by atoms with Gasteiger partial charge in [0.15, 0.2) is 0 Å². The van der Waals surface area contributed by atoms with E-state index in [1.165, 1.54) is 4.88 Å². The fraction of sp³-hybridized carbons (Fsp3) is 0.333. The van der Waals surface area contributed by atoms with Crippen LogP contribution in [0.15, 0.2) is 41.6 Å². The van der Waals surface area contributed by atoms with Gasteiger partial charge in [-0.3, -0.25) is 0 Å². The molecule has 0 spiro atoms. The summed E-state index contributed by atoms with van der Waals surface area (Å²) >= 11 is 1.71. The quantitative estimate of drug-likeness (QED) is 0.718. The SMILES string of the molecule is CCc1cc2c(N3CCN(c4ccccc4S(N)(=O)=O)CC3)ncnc2s1. The number of aromatic nitrogens is 2. The number of rotatable bonds is 4. The van der Waals surface area contributed by atoms with Gasteiger partial charge in [0, 0.05) is 31.1 Å². The van der Waals surface area contributed by atoms with Crippen LogP contribution in [-0.2, 0) is 16.4 Å². The molecule has 0 bridgehead atoms. The summed E-state index contributed by atoms with van der Waals surface area (Å²) in [6.07, 6.45) is 2.61. The van der Waals surface area contributed by atoms with Crippen molar-refractivity contribution < 1.29 is 8.42 Å². The number of aryl methyl sites for hydroxylation is 1. The monoisotopic (exact) mass is 403 g/mol. The average Bonchev–Trinajstić information content (AvgIpc) is 3.11. The van der Waals surface area contributed by atoms with Gasteiger partial charge >= 0.3 is 0 Å². The summed E-state index contributed by atoms with van der Waals surface area (Å²) in [5.41, 5.74) is 0.663. The van der Waals surface area contributed by atoms with Crippen molar-refractivity contribution in [3.63, 3.8) is 0 Å². The van der Waals surface area contributed by atoms with Crippen LogP contribution in [0.25, 0.3) is 10.2 Å². The Morgan fingerprint density at radius 3 is 2.52 bits per heavy atom. The fourth-order valence-corrected chi connectivity index (χ4v) is 5.12. The summed E-state index contributed by atoms with van der Waals surface area (Å²) in [4.78, 5) is 15.7. The number of nitrogens with two attached hydrogens (primary N) is 1. The van der Waals surface area contributed by atoms with Crippen molar-refractivity contribution in [2.45, 2.75) is 18.2 Å². The second kappa shape index (κ2) is 7.06. The molecule has 0 aliphatic carbocycles. The highest BCUT2D eigenvalue weighted by atomic mass is 32.2. The first kappa shape index (κ1) is 18.1. The van der Waals surface area contributed by atoms with Crippen molar-refractivity contribution in [2.24, 2.45) is 5.14 Å². The first-order valence-corrected chi connectivity index (χ1v) is 11.2. The number of para-hydroxylation sites is 1. The van der Waals surface area contributed by atoms with E-state index < -0.39 is 10.0 Å². The molecule has 3 aromatic rings. The molecule has 1 fully saturated rings. The number of hydrogen-bond acceptors (Lipinski definition) is 7. The molecule has 7 nitrogen and oxygen atoms in total. The number of sulfonamides is 1. The van der Waals surface area contributed by atoms with E-state index in [-0.39, 0.29) is 4.90 Å². The molecular weight excluding hydrogens is 382 g/mol. The van der Waals surface area contributed by atoms with Gasteiger partial charge < -0.3 is 9.80 Å². The van der Waals surface area contributed by atoms with E-state index in [1.807, 2.05) is 12.1 Å². The van der Waals surface area contributed by atoms with Crippen LogP contribution < -0.4 is 14.9 Å². The molecule has 3 heterocycles. The Bertz CT molecular complexity index is 1070. The molecule has 0 atom stereocenters. The zero-order chi connectivity index (χ0) is 19.0. The van der Waals surface area contributed by atoms with Crippen LogP contribution in [0, 0.1) is 0 Å². The van der Waals surface area contributed by atoms with Gasteiger partial charge in [0.2, 0.25) is 10.0 Å². The molecule has 27 heavy (non-hydrogen) atoms. The minimum absolute atomic E-state index is 0.174. The first-order chi connectivity index (χ1) is 13.0. The minimum atomic E-state index is -3.75. The van der Waals surface area contributed by atoms with E-state index in [9.17, 15) is 8.42 Å². The highest BCUT2D eigenvalue weighted by Gasteiger charge is 2.24. The molecule has 2 aromatic heterocycles. The molecule has 1 aliphatic rings. The Morgan fingerprint density at radius 2 is 1.81 bits per heavy atom. The lowest BCUT2D eigenvalue weighted by Crippen LogP contribution is -2.47. The number of primary sulfonamides is 1. The highest BCUT2D eigenvalue weighted by Crippen LogP contribution is 2.32. The second-order valence-electron chi connectivity index (χ2n) is 6.47. The summed E-state index contributed by atoms with van der Waals surface area (Å²) in [6.45, 7) is 5.04. The number of fused-ring (bicyclic) bond motifs is 1. The summed E-state index contributed by atoms with van der Waals surface area (Å²) < 4.78 is 23.8. The Morgan fingerprint density at radius 1 is 1.11 bits per heavy atom. The third-order valence-corrected chi connectivity index (χ3v) is 6.95. The third-order valence-electron chi connectivity index (χ3n) is 4.80. The second-order valence-corrected chi connectivity index (χ2v) is 9.11. The van der Waals surface area contributed by atoms with Gasteiger partial charge in [0.05, 0.1) is 11.1 Å². The van der Waals surface area contributed by atoms with Crippen LogP contribution in [-0.4, -0.2) is 44.6 Å². The van der Waals surface area contributed by atoms with Crippen molar-refractivity contribution in [3.05, 3.63) is 41.5 Å². The summed E-state index contributed by atoms with van der Waals surface area (Å²) in [5.74, 6) is 0.954. The maximum Gasteiger partial charge on any atom is 0.240 e. The van der Waals surface area contributed by atoms with Crippen LogP contribution >= 0.6 is 11.3 Å². The summed E-state index contributed by atoms with van der Waals surface area (Å²) in [7, 11) is -3.75. The average molecular weight is 404 g/mol. The Hall–Kier alpha value is -2.23. The van der Waals surface area contributed by atoms with Crippen LogP contribution in [0.3, 0.4) is 0 Å². The molecule has 0 saturated carbocycles. The lowest BCUT2D eigenvalue weighted by atomic mass is 10.2. The van der Waals surface area contributed by atoms with Crippen molar-refractivity contribution in [2.75, 3.05) is 36.0 Å². The standard InChI is InChI=1S/C18H21N5O2S2/c1-2-13-11-14-17(20-12-21-18(14)26-13)23-9-7-22(8-10-23)15-5-3-4-6-16(15)27(19,24)25/h3-6,11-12H,2,7-10H2,1H3,(H2,19,24,25). The Kier molecular flexibility index (Phi) is 4.75. The van der Waals surface area contributed by atoms with E-state index >= 15 is 0 Å². The predicted molar refractivity (Wildman–Crippen MR) is 109 cm³/mol. The van der Waals surface area contributed by atoms with Crippen LogP contribution in [0.4, 0.5) is 11.5 Å². The van der Waals surface area contributed by atoms with Gasteiger partial charge in [0.25, 0.3) is 0 Å². The van der Waals surface area contributed by atoms with Crippen molar-refractivity contribution in [1.82, 2.24) is 9.97 Å². The number of piperazine rings is 1. The van der Waals surface area contributed by atoms with Gasteiger partial charge in [-0.15, -0.1) is 11.3 Å². The zero-order valence-electron chi connectivity index (χ0n) is 15.0. The normalized spacial score (nSPS) is 15.5. The van der Waals surface area contributed by atoms with Gasteiger partial charge in [-0.2, -0.15) is 0 Å². The maximum atomic E-state index is 11.9. The van der Waals surface area contributed by atoms with Gasteiger partial charge in [0.1, 0.15) is 21.9 Å². The topological polar surface area (TPSA) is 92.4 Å². The van der Waals surface area contributed by atoms with E-state index in [0.717, 1.165) is 35.5 Å². The lowest BCUT2D eigenvalue weighted by molar-refractivity contribution is 0.595. The molecule has 0 amide bonds. The fourth-order valence-electron chi connectivity index (χ4n) is 3.44. The van der Waals surface area contributed by atoms with Crippen molar-refractivity contribution in [3.8, 4) is 0 Å². The third kappa shape index (κ3) is 3.50.